The molecule has 1 aliphatic carbocycles. The van der Waals surface area contributed by atoms with Gasteiger partial charge in [-0.25, -0.2) is 8.78 Å². The molecule has 0 amide bonds. The van der Waals surface area contributed by atoms with Crippen LogP contribution in [0.4, 0.5) is 8.78 Å². The lowest BCUT2D eigenvalue weighted by Crippen LogP contribution is -2.50. The van der Waals surface area contributed by atoms with E-state index in [2.05, 4.69) is 37.3 Å². The van der Waals surface area contributed by atoms with Crippen LogP contribution in [0.2, 0.25) is 18.1 Å². The molecule has 0 atom stereocenters. The Bertz CT molecular complexity index is 849. The Hall–Kier alpha value is -1.48. The highest BCUT2D eigenvalue weighted by Crippen LogP contribution is 2.44. The van der Waals surface area contributed by atoms with Crippen LogP contribution in [0, 0.1) is 29.4 Å². The highest BCUT2D eigenvalue weighted by atomic mass is 28.3. The van der Waals surface area contributed by atoms with E-state index in [0.29, 0.717) is 0 Å². The van der Waals surface area contributed by atoms with Crippen molar-refractivity contribution in [3.8, 4) is 0 Å². The van der Waals surface area contributed by atoms with Crippen LogP contribution in [0.5, 0.6) is 0 Å². The zero-order chi connectivity index (χ0) is 23.1. The summed E-state index contributed by atoms with van der Waals surface area (Å²) in [5.41, 5.74) is 0.939. The van der Waals surface area contributed by atoms with Crippen molar-refractivity contribution in [1.29, 1.82) is 0 Å². The molecule has 0 aromatic heterocycles. The quantitative estimate of drug-likeness (QED) is 0.255. The number of halogens is 2. The van der Waals surface area contributed by atoms with Crippen molar-refractivity contribution in [3.05, 3.63) is 65.7 Å². The second-order valence-corrected chi connectivity index (χ2v) is 15.6. The summed E-state index contributed by atoms with van der Waals surface area (Å²) in [5, 5.41) is 1.72. The van der Waals surface area contributed by atoms with E-state index < -0.39 is 19.7 Å². The standard InChI is InChI=1S/C30H42F2Si/c1-2-3-7-20-33(28-8-5-4-6-9-28)21-18-27(19-22-33)26-15-12-24(13-16-26)10-11-25-14-17-29(31)30(32)23-25/h4-6,8-9,14,17,23-24,26-27H,2-3,7,10-13,15-16,18-22H2,1H3/t24?,26?,27-,33-. The fourth-order valence-corrected chi connectivity index (χ4v) is 12.2. The predicted octanol–water partition coefficient (Wildman–Crippen LogP) is 8.66. The Morgan fingerprint density at radius 2 is 1.48 bits per heavy atom. The van der Waals surface area contributed by atoms with Gasteiger partial charge < -0.3 is 0 Å². The highest BCUT2D eigenvalue weighted by molar-refractivity contribution is 6.92. The molecule has 0 radical (unpaired) electrons. The number of aryl methyl sites for hydroxylation is 1. The van der Waals surface area contributed by atoms with Crippen molar-refractivity contribution in [2.45, 2.75) is 95.7 Å². The summed E-state index contributed by atoms with van der Waals surface area (Å²) in [5.74, 6) is 1.16. The first-order chi connectivity index (χ1) is 16.1. The van der Waals surface area contributed by atoms with Crippen LogP contribution >= 0.6 is 0 Å². The summed E-state index contributed by atoms with van der Waals surface area (Å²) in [4.78, 5) is 0. The summed E-state index contributed by atoms with van der Waals surface area (Å²) >= 11 is 0. The molecule has 4 rings (SSSR count). The Labute approximate surface area is 201 Å². The van der Waals surface area contributed by atoms with E-state index in [1.165, 1.54) is 88.1 Å². The molecule has 180 valence electrons. The number of rotatable bonds is 9. The summed E-state index contributed by atoms with van der Waals surface area (Å²) in [7, 11) is -1.33. The normalized spacial score (nSPS) is 28.0. The number of unbranched alkanes of at least 4 members (excludes halogenated alkanes) is 2. The van der Waals surface area contributed by atoms with Crippen molar-refractivity contribution in [2.75, 3.05) is 0 Å². The van der Waals surface area contributed by atoms with Crippen LogP contribution < -0.4 is 5.19 Å². The van der Waals surface area contributed by atoms with Gasteiger partial charge in [0.15, 0.2) is 11.6 Å². The molecule has 0 bridgehead atoms. The first kappa shape index (κ1) is 24.6. The maximum atomic E-state index is 13.5. The van der Waals surface area contributed by atoms with Crippen LogP contribution in [-0.4, -0.2) is 8.07 Å². The molecular formula is C30H42F2Si. The van der Waals surface area contributed by atoms with Gasteiger partial charge in [0, 0.05) is 0 Å². The van der Waals surface area contributed by atoms with Gasteiger partial charge in [0.2, 0.25) is 0 Å². The highest BCUT2D eigenvalue weighted by Gasteiger charge is 2.40. The molecule has 0 nitrogen and oxygen atoms in total. The van der Waals surface area contributed by atoms with Crippen molar-refractivity contribution in [1.82, 2.24) is 0 Å². The molecule has 33 heavy (non-hydrogen) atoms. The van der Waals surface area contributed by atoms with Crippen LogP contribution in [0.15, 0.2) is 48.5 Å². The summed E-state index contributed by atoms with van der Waals surface area (Å²) in [6, 6.07) is 20.5. The Kier molecular flexibility index (Phi) is 8.79. The monoisotopic (exact) mass is 468 g/mol. The van der Waals surface area contributed by atoms with Crippen molar-refractivity contribution in [2.24, 2.45) is 17.8 Å². The van der Waals surface area contributed by atoms with Gasteiger partial charge in [-0.2, -0.15) is 0 Å². The van der Waals surface area contributed by atoms with Crippen molar-refractivity contribution >= 4 is 13.3 Å². The van der Waals surface area contributed by atoms with E-state index in [1.807, 2.05) is 0 Å². The molecule has 0 unspecified atom stereocenters. The fourth-order valence-electron chi connectivity index (χ4n) is 6.87. The van der Waals surface area contributed by atoms with Gasteiger partial charge in [-0.05, 0) is 61.1 Å². The second kappa shape index (κ2) is 11.8. The van der Waals surface area contributed by atoms with Crippen molar-refractivity contribution < 1.29 is 8.78 Å². The molecule has 0 spiro atoms. The Morgan fingerprint density at radius 3 is 2.15 bits per heavy atom. The fraction of sp³-hybridized carbons (Fsp3) is 0.600. The molecule has 1 aliphatic heterocycles. The third kappa shape index (κ3) is 6.35. The lowest BCUT2D eigenvalue weighted by molar-refractivity contribution is 0.186. The van der Waals surface area contributed by atoms with E-state index in [1.54, 1.807) is 11.3 Å². The molecule has 2 aromatic carbocycles. The number of hydrogen-bond donors (Lipinski definition) is 0. The zero-order valence-electron chi connectivity index (χ0n) is 20.5. The van der Waals surface area contributed by atoms with Crippen LogP contribution in [0.1, 0.15) is 76.7 Å². The van der Waals surface area contributed by atoms with E-state index in [4.69, 9.17) is 0 Å². The second-order valence-electron chi connectivity index (χ2n) is 11.0. The van der Waals surface area contributed by atoms with Gasteiger partial charge >= 0.3 is 0 Å². The maximum Gasteiger partial charge on any atom is 0.159 e. The smallest absolute Gasteiger partial charge is 0.159 e. The molecule has 3 heteroatoms. The first-order valence-corrected chi connectivity index (χ1v) is 16.2. The van der Waals surface area contributed by atoms with Gasteiger partial charge in [0.25, 0.3) is 0 Å². The van der Waals surface area contributed by atoms with Gasteiger partial charge in [-0.3, -0.25) is 0 Å². The molecule has 2 aliphatic rings. The summed E-state index contributed by atoms with van der Waals surface area (Å²) in [6.07, 6.45) is 14.4. The molecule has 1 heterocycles. The van der Waals surface area contributed by atoms with E-state index in [0.717, 1.165) is 36.2 Å². The lowest BCUT2D eigenvalue weighted by Gasteiger charge is -2.43. The van der Waals surface area contributed by atoms with Crippen LogP contribution in [-0.2, 0) is 6.42 Å². The Morgan fingerprint density at radius 1 is 0.788 bits per heavy atom. The molecule has 0 N–H and O–H groups in total. The van der Waals surface area contributed by atoms with Gasteiger partial charge in [-0.15, -0.1) is 0 Å². The first-order valence-electron chi connectivity index (χ1n) is 13.6. The number of hydrogen-bond acceptors (Lipinski definition) is 0. The third-order valence-corrected chi connectivity index (χ3v) is 14.4. The Balaban J connectivity index is 1.26. The molecule has 1 saturated carbocycles. The maximum absolute atomic E-state index is 13.5. The van der Waals surface area contributed by atoms with Gasteiger partial charge in [0.05, 0.1) is 8.07 Å². The summed E-state index contributed by atoms with van der Waals surface area (Å²) < 4.78 is 26.6. The largest absolute Gasteiger partial charge is 0.204 e. The average molecular weight is 469 g/mol. The van der Waals surface area contributed by atoms with Gasteiger partial charge in [0.1, 0.15) is 0 Å². The predicted molar refractivity (Wildman–Crippen MR) is 139 cm³/mol. The van der Waals surface area contributed by atoms with Crippen LogP contribution in [0.3, 0.4) is 0 Å². The SMILES string of the molecule is CCCCC[Si@]1(c2ccccc2)CC[C@H](C2CCC(CCc3ccc(F)c(F)c3)CC2)CC1. The third-order valence-electron chi connectivity index (χ3n) is 9.02. The average Bonchev–Trinajstić information content (AvgIpc) is 2.86. The van der Waals surface area contributed by atoms with Crippen molar-refractivity contribution in [3.63, 3.8) is 0 Å². The minimum atomic E-state index is -1.33. The molecule has 2 aromatic rings. The van der Waals surface area contributed by atoms with E-state index in [9.17, 15) is 8.78 Å². The van der Waals surface area contributed by atoms with Crippen LogP contribution in [0.25, 0.3) is 0 Å². The lowest BCUT2D eigenvalue weighted by atomic mass is 9.73. The van der Waals surface area contributed by atoms with E-state index in [-0.39, 0.29) is 0 Å². The minimum Gasteiger partial charge on any atom is -0.204 e. The number of benzene rings is 2. The molecular weight excluding hydrogens is 426 g/mol. The minimum absolute atomic E-state index is 0.710. The molecule has 1 saturated heterocycles. The van der Waals surface area contributed by atoms with Gasteiger partial charge in [-0.1, -0.05) is 112 Å². The zero-order valence-corrected chi connectivity index (χ0v) is 21.5. The topological polar surface area (TPSA) is 0 Å². The summed E-state index contributed by atoms with van der Waals surface area (Å²) in [6.45, 7) is 2.32. The molecule has 2 fully saturated rings. The van der Waals surface area contributed by atoms with E-state index >= 15 is 0 Å².